The largest absolute Gasteiger partial charge is 0.497 e. The van der Waals surface area contributed by atoms with Crippen LogP contribution in [0.5, 0.6) is 5.75 Å². The third kappa shape index (κ3) is 3.73. The number of ether oxygens (including phenoxy) is 1. The molecule has 0 bridgehead atoms. The van der Waals surface area contributed by atoms with E-state index in [4.69, 9.17) is 4.74 Å². The third-order valence-electron chi connectivity index (χ3n) is 6.39. The maximum absolute atomic E-state index is 5.36. The Balaban J connectivity index is 1.35. The maximum atomic E-state index is 5.36. The second-order valence-corrected chi connectivity index (χ2v) is 8.14. The number of methoxy groups -OCH3 is 1. The number of hydrazine groups is 1. The van der Waals surface area contributed by atoms with E-state index in [1.807, 2.05) is 18.3 Å². The normalized spacial score (nSPS) is 24.9. The van der Waals surface area contributed by atoms with Crippen molar-refractivity contribution in [2.24, 2.45) is 5.92 Å². The van der Waals surface area contributed by atoms with Crippen LogP contribution >= 0.6 is 0 Å². The Bertz CT molecular complexity index is 977. The second-order valence-electron chi connectivity index (χ2n) is 8.14. The molecule has 29 heavy (non-hydrogen) atoms. The average Bonchev–Trinajstić information content (AvgIpc) is 3.43. The Hall–Kier alpha value is -2.47. The first-order valence-electron chi connectivity index (χ1n) is 10.5. The smallest absolute Gasteiger partial charge is 0.119 e. The summed E-state index contributed by atoms with van der Waals surface area (Å²) in [4.78, 5) is 7.25. The number of benzene rings is 2. The van der Waals surface area contributed by atoms with E-state index >= 15 is 0 Å². The van der Waals surface area contributed by atoms with E-state index in [2.05, 4.69) is 63.2 Å². The first kappa shape index (κ1) is 18.6. The van der Waals surface area contributed by atoms with Crippen molar-refractivity contribution in [3.8, 4) is 5.75 Å². The first-order valence-corrected chi connectivity index (χ1v) is 10.5. The van der Waals surface area contributed by atoms with Gasteiger partial charge in [-0.3, -0.25) is 15.3 Å². The summed E-state index contributed by atoms with van der Waals surface area (Å²) in [5, 5.41) is 2.47. The molecule has 2 fully saturated rings. The number of rotatable bonds is 5. The zero-order valence-electron chi connectivity index (χ0n) is 16.8. The number of fused-ring (bicyclic) bond motifs is 1. The van der Waals surface area contributed by atoms with Crippen LogP contribution < -0.4 is 15.6 Å². The molecule has 3 aromatic rings. The summed E-state index contributed by atoms with van der Waals surface area (Å²) >= 11 is 0. The fourth-order valence-electron chi connectivity index (χ4n) is 4.88. The summed E-state index contributed by atoms with van der Waals surface area (Å²) in [6, 6.07) is 20.1. The van der Waals surface area contributed by atoms with Gasteiger partial charge in [-0.2, -0.15) is 0 Å². The zero-order chi connectivity index (χ0) is 19.6. The fourth-order valence-corrected chi connectivity index (χ4v) is 4.88. The van der Waals surface area contributed by atoms with Crippen molar-refractivity contribution in [3.63, 3.8) is 0 Å². The maximum Gasteiger partial charge on any atom is 0.119 e. The van der Waals surface area contributed by atoms with Gasteiger partial charge in [0, 0.05) is 25.2 Å². The highest BCUT2D eigenvalue weighted by molar-refractivity contribution is 5.84. The number of hydrogen-bond acceptors (Lipinski definition) is 5. The number of hydrogen-bond donors (Lipinski definition) is 2. The minimum atomic E-state index is 0.312. The highest BCUT2D eigenvalue weighted by Crippen LogP contribution is 2.35. The SMILES string of the molecule is COc1ccc2cc(C3NNCC3CN3CCCC3c3ccccn3)ccc2c1. The molecule has 1 aromatic heterocycles. The van der Waals surface area contributed by atoms with Gasteiger partial charge in [0.05, 0.1) is 24.9 Å². The van der Waals surface area contributed by atoms with Crippen molar-refractivity contribution in [2.75, 3.05) is 26.7 Å². The third-order valence-corrected chi connectivity index (χ3v) is 6.39. The van der Waals surface area contributed by atoms with E-state index in [0.717, 1.165) is 25.4 Å². The fraction of sp³-hybridized carbons (Fsp3) is 0.375. The number of aromatic nitrogens is 1. The summed E-state index contributed by atoms with van der Waals surface area (Å²) in [5.74, 6) is 1.42. The highest BCUT2D eigenvalue weighted by Gasteiger charge is 2.34. The molecule has 5 rings (SSSR count). The van der Waals surface area contributed by atoms with Gasteiger partial charge in [0.15, 0.2) is 0 Å². The lowest BCUT2D eigenvalue weighted by Gasteiger charge is -2.29. The minimum Gasteiger partial charge on any atom is -0.497 e. The van der Waals surface area contributed by atoms with Crippen LogP contribution in [0.25, 0.3) is 10.8 Å². The van der Waals surface area contributed by atoms with Gasteiger partial charge in [0.1, 0.15) is 5.75 Å². The van der Waals surface area contributed by atoms with Crippen LogP contribution in [0, 0.1) is 5.92 Å². The molecular weight excluding hydrogens is 360 g/mol. The number of nitrogens with zero attached hydrogens (tertiary/aromatic N) is 2. The quantitative estimate of drug-likeness (QED) is 0.695. The highest BCUT2D eigenvalue weighted by atomic mass is 16.5. The van der Waals surface area contributed by atoms with Crippen LogP contribution in [-0.4, -0.2) is 36.6 Å². The van der Waals surface area contributed by atoms with Crippen LogP contribution in [0.4, 0.5) is 0 Å². The van der Waals surface area contributed by atoms with Crippen molar-refractivity contribution in [1.29, 1.82) is 0 Å². The summed E-state index contributed by atoms with van der Waals surface area (Å²) < 4.78 is 5.36. The van der Waals surface area contributed by atoms with Crippen molar-refractivity contribution in [3.05, 3.63) is 72.1 Å². The lowest BCUT2D eigenvalue weighted by atomic mass is 9.92. The Kier molecular flexibility index (Phi) is 5.19. The van der Waals surface area contributed by atoms with Gasteiger partial charge in [-0.25, -0.2) is 5.43 Å². The van der Waals surface area contributed by atoms with Crippen molar-refractivity contribution >= 4 is 10.8 Å². The second kappa shape index (κ2) is 8.11. The van der Waals surface area contributed by atoms with E-state index in [1.165, 1.54) is 34.9 Å². The number of nitrogens with one attached hydrogen (secondary N) is 2. The van der Waals surface area contributed by atoms with Crippen molar-refractivity contribution in [2.45, 2.75) is 24.9 Å². The molecule has 3 atom stereocenters. The van der Waals surface area contributed by atoms with E-state index in [9.17, 15) is 0 Å². The molecule has 0 radical (unpaired) electrons. The monoisotopic (exact) mass is 388 g/mol. The lowest BCUT2D eigenvalue weighted by molar-refractivity contribution is 0.208. The molecule has 0 spiro atoms. The molecule has 2 aliphatic rings. The standard InChI is InChI=1S/C24H28N4O/c1-29-21-10-9-17-13-19(8-7-18(17)14-21)24-20(15-26-27-24)16-28-12-4-6-23(28)22-5-2-3-11-25-22/h2-3,5,7-11,13-14,20,23-24,26-27H,4,6,12,15-16H2,1H3. The van der Waals surface area contributed by atoms with Gasteiger partial charge in [0.25, 0.3) is 0 Å². The van der Waals surface area contributed by atoms with E-state index in [0.29, 0.717) is 18.0 Å². The molecule has 3 unspecified atom stereocenters. The van der Waals surface area contributed by atoms with Crippen LogP contribution in [0.2, 0.25) is 0 Å². The molecule has 2 saturated heterocycles. The Labute approximate surface area is 172 Å². The zero-order valence-corrected chi connectivity index (χ0v) is 16.8. The van der Waals surface area contributed by atoms with E-state index in [1.54, 1.807) is 7.11 Å². The van der Waals surface area contributed by atoms with Gasteiger partial charge < -0.3 is 4.74 Å². The van der Waals surface area contributed by atoms with Crippen LogP contribution in [0.1, 0.15) is 36.2 Å². The topological polar surface area (TPSA) is 49.4 Å². The molecule has 2 aliphatic heterocycles. The summed E-state index contributed by atoms with van der Waals surface area (Å²) in [5.41, 5.74) is 9.47. The molecule has 2 N–H and O–H groups in total. The summed E-state index contributed by atoms with van der Waals surface area (Å²) in [7, 11) is 1.71. The van der Waals surface area contributed by atoms with Gasteiger partial charge in [-0.15, -0.1) is 0 Å². The summed E-state index contributed by atoms with van der Waals surface area (Å²) in [6.45, 7) is 3.21. The molecule has 5 nitrogen and oxygen atoms in total. The van der Waals surface area contributed by atoms with Gasteiger partial charge in [-0.05, 0) is 66.1 Å². The molecular formula is C24H28N4O. The molecule has 2 aromatic carbocycles. The predicted octanol–water partition coefficient (Wildman–Crippen LogP) is 3.85. The molecule has 0 amide bonds. The average molecular weight is 389 g/mol. The minimum absolute atomic E-state index is 0.312. The Morgan fingerprint density at radius 2 is 2.00 bits per heavy atom. The van der Waals surface area contributed by atoms with Crippen molar-refractivity contribution < 1.29 is 4.74 Å². The molecule has 3 heterocycles. The van der Waals surface area contributed by atoms with Gasteiger partial charge >= 0.3 is 0 Å². The van der Waals surface area contributed by atoms with Crippen LogP contribution in [-0.2, 0) is 0 Å². The molecule has 5 heteroatoms. The summed E-state index contributed by atoms with van der Waals surface area (Å²) in [6.07, 6.45) is 4.36. The van der Waals surface area contributed by atoms with Gasteiger partial charge in [0.2, 0.25) is 0 Å². The van der Waals surface area contributed by atoms with Crippen LogP contribution in [0.15, 0.2) is 60.8 Å². The molecule has 0 aliphatic carbocycles. The predicted molar refractivity (Wildman–Crippen MR) is 116 cm³/mol. The van der Waals surface area contributed by atoms with Gasteiger partial charge in [-0.1, -0.05) is 24.3 Å². The molecule has 150 valence electrons. The Morgan fingerprint density at radius 1 is 1.10 bits per heavy atom. The number of pyridine rings is 1. The molecule has 0 saturated carbocycles. The lowest BCUT2D eigenvalue weighted by Crippen LogP contribution is -2.33. The number of likely N-dealkylation sites (tertiary alicyclic amines) is 1. The van der Waals surface area contributed by atoms with Crippen molar-refractivity contribution in [1.82, 2.24) is 20.7 Å². The van der Waals surface area contributed by atoms with E-state index in [-0.39, 0.29) is 0 Å². The van der Waals surface area contributed by atoms with E-state index < -0.39 is 0 Å². The Morgan fingerprint density at radius 3 is 2.86 bits per heavy atom. The van der Waals surface area contributed by atoms with Crippen LogP contribution in [0.3, 0.4) is 0 Å². The first-order chi connectivity index (χ1) is 14.3.